The van der Waals surface area contributed by atoms with E-state index in [1.165, 1.54) is 28.6 Å². The van der Waals surface area contributed by atoms with Crippen molar-refractivity contribution in [1.82, 2.24) is 4.31 Å². The Kier molecular flexibility index (Phi) is 6.24. The fourth-order valence-electron chi connectivity index (χ4n) is 3.52. The number of hydrogen-bond donors (Lipinski definition) is 0. The third-order valence-corrected chi connectivity index (χ3v) is 7.16. The Hall–Kier alpha value is -2.91. The van der Waals surface area contributed by atoms with Gasteiger partial charge in [-0.3, -0.25) is 4.79 Å². The molecule has 2 aliphatic heterocycles. The maximum atomic E-state index is 12.7. The molecule has 0 bridgehead atoms. The van der Waals surface area contributed by atoms with Crippen LogP contribution in [0.3, 0.4) is 0 Å². The highest BCUT2D eigenvalue weighted by atomic mass is 32.2. The molecule has 0 aliphatic carbocycles. The molecule has 4 rings (SSSR count). The van der Waals surface area contributed by atoms with Crippen molar-refractivity contribution in [1.29, 1.82) is 0 Å². The van der Waals surface area contributed by atoms with Gasteiger partial charge in [0.1, 0.15) is 6.61 Å². The normalized spacial score (nSPS) is 18.9. The van der Waals surface area contributed by atoms with E-state index < -0.39 is 34.5 Å². The first kappa shape index (κ1) is 21.3. The first-order valence-corrected chi connectivity index (χ1v) is 11.6. The van der Waals surface area contributed by atoms with E-state index in [1.54, 1.807) is 24.3 Å². The van der Waals surface area contributed by atoms with Crippen LogP contribution in [0.15, 0.2) is 53.4 Å². The number of nitrogens with zero attached hydrogens (tertiary/aromatic N) is 1. The standard InChI is InChI=1S/C22H23NO7S/c24-18(14-29-22(25)21-15-28-19-6-2-3-7-20(19)30-21)16-8-10-17(11-9-16)31(26,27)23-12-4-1-5-13-23/h2-3,6-11,21H,1,4-5,12-15H2/t21-/m0/s1. The minimum Gasteiger partial charge on any atom is -0.485 e. The van der Waals surface area contributed by atoms with Crippen molar-refractivity contribution in [3.8, 4) is 11.5 Å². The molecule has 8 nitrogen and oxygen atoms in total. The van der Waals surface area contributed by atoms with Crippen molar-refractivity contribution in [3.05, 3.63) is 54.1 Å². The van der Waals surface area contributed by atoms with Gasteiger partial charge in [-0.15, -0.1) is 0 Å². The Morgan fingerprint density at radius 3 is 2.35 bits per heavy atom. The van der Waals surface area contributed by atoms with Gasteiger partial charge in [-0.2, -0.15) is 4.31 Å². The molecular weight excluding hydrogens is 422 g/mol. The minimum absolute atomic E-state index is 0.00685. The Morgan fingerprint density at radius 1 is 0.968 bits per heavy atom. The highest BCUT2D eigenvalue weighted by Crippen LogP contribution is 2.31. The molecule has 0 radical (unpaired) electrons. The number of carbonyl (C=O) groups excluding carboxylic acids is 2. The van der Waals surface area contributed by atoms with Crippen LogP contribution in [-0.2, 0) is 19.6 Å². The number of ether oxygens (including phenoxy) is 3. The maximum absolute atomic E-state index is 12.7. The summed E-state index contributed by atoms with van der Waals surface area (Å²) in [7, 11) is -3.56. The Labute approximate surface area is 180 Å². The van der Waals surface area contributed by atoms with Crippen LogP contribution >= 0.6 is 0 Å². The summed E-state index contributed by atoms with van der Waals surface area (Å²) < 4.78 is 43.0. The molecule has 2 aliphatic rings. The second kappa shape index (κ2) is 9.07. The van der Waals surface area contributed by atoms with Crippen LogP contribution in [-0.4, -0.2) is 56.9 Å². The zero-order chi connectivity index (χ0) is 21.8. The number of fused-ring (bicyclic) bond motifs is 1. The second-order valence-electron chi connectivity index (χ2n) is 7.38. The number of esters is 1. The predicted octanol–water partition coefficient (Wildman–Crippen LogP) is 2.43. The maximum Gasteiger partial charge on any atom is 0.351 e. The zero-order valence-corrected chi connectivity index (χ0v) is 17.7. The lowest BCUT2D eigenvalue weighted by Gasteiger charge is -2.25. The molecule has 0 N–H and O–H groups in total. The van der Waals surface area contributed by atoms with E-state index in [2.05, 4.69) is 0 Å². The van der Waals surface area contributed by atoms with E-state index in [-0.39, 0.29) is 17.1 Å². The van der Waals surface area contributed by atoms with Gasteiger partial charge in [-0.1, -0.05) is 18.6 Å². The lowest BCUT2D eigenvalue weighted by molar-refractivity contribution is -0.153. The molecule has 164 valence electrons. The van der Waals surface area contributed by atoms with Gasteiger partial charge in [-0.05, 0) is 49.2 Å². The third kappa shape index (κ3) is 4.72. The molecule has 0 saturated carbocycles. The van der Waals surface area contributed by atoms with Crippen molar-refractivity contribution >= 4 is 21.8 Å². The number of ketones is 1. The van der Waals surface area contributed by atoms with Gasteiger partial charge < -0.3 is 14.2 Å². The number of para-hydroxylation sites is 2. The molecule has 2 heterocycles. The molecular formula is C22H23NO7S. The summed E-state index contributed by atoms with van der Waals surface area (Å²) in [6, 6.07) is 12.7. The van der Waals surface area contributed by atoms with Gasteiger partial charge in [0, 0.05) is 18.7 Å². The number of Topliss-reactive ketones (excluding diaryl/α,β-unsaturated/α-hetero) is 1. The molecule has 2 aromatic carbocycles. The van der Waals surface area contributed by atoms with E-state index >= 15 is 0 Å². The monoisotopic (exact) mass is 445 g/mol. The molecule has 0 spiro atoms. The number of hydrogen-bond acceptors (Lipinski definition) is 7. The Balaban J connectivity index is 1.33. The number of rotatable bonds is 6. The van der Waals surface area contributed by atoms with E-state index in [0.29, 0.717) is 24.6 Å². The number of benzene rings is 2. The van der Waals surface area contributed by atoms with Gasteiger partial charge in [0.05, 0.1) is 4.90 Å². The minimum atomic E-state index is -3.56. The molecule has 0 aromatic heterocycles. The van der Waals surface area contributed by atoms with Crippen molar-refractivity contribution < 1.29 is 32.2 Å². The summed E-state index contributed by atoms with van der Waals surface area (Å²) in [6.45, 7) is 0.540. The highest BCUT2D eigenvalue weighted by Gasteiger charge is 2.29. The third-order valence-electron chi connectivity index (χ3n) is 5.25. The molecule has 31 heavy (non-hydrogen) atoms. The van der Waals surface area contributed by atoms with Crippen LogP contribution < -0.4 is 9.47 Å². The number of carbonyl (C=O) groups is 2. The second-order valence-corrected chi connectivity index (χ2v) is 9.32. The molecule has 1 atom stereocenters. The van der Waals surface area contributed by atoms with Crippen LogP contribution in [0.2, 0.25) is 0 Å². The topological polar surface area (TPSA) is 99.2 Å². The van der Waals surface area contributed by atoms with Crippen LogP contribution in [0.25, 0.3) is 0 Å². The van der Waals surface area contributed by atoms with Crippen molar-refractivity contribution in [2.75, 3.05) is 26.3 Å². The van der Waals surface area contributed by atoms with Crippen LogP contribution in [0.1, 0.15) is 29.6 Å². The van der Waals surface area contributed by atoms with E-state index in [1.807, 2.05) is 0 Å². The van der Waals surface area contributed by atoms with Gasteiger partial charge in [0.25, 0.3) is 0 Å². The number of sulfonamides is 1. The van der Waals surface area contributed by atoms with Crippen molar-refractivity contribution in [3.63, 3.8) is 0 Å². The SMILES string of the molecule is O=C(COC(=O)[C@@H]1COc2ccccc2O1)c1ccc(S(=O)(=O)N2CCCCC2)cc1. The van der Waals surface area contributed by atoms with Crippen LogP contribution in [0.5, 0.6) is 11.5 Å². The lowest BCUT2D eigenvalue weighted by atomic mass is 10.1. The summed E-state index contributed by atoms with van der Waals surface area (Å²) in [5.41, 5.74) is 0.261. The van der Waals surface area contributed by atoms with Crippen LogP contribution in [0, 0.1) is 0 Å². The fourth-order valence-corrected chi connectivity index (χ4v) is 5.03. The van der Waals surface area contributed by atoms with Gasteiger partial charge in [0.15, 0.2) is 23.9 Å². The Morgan fingerprint density at radius 2 is 1.65 bits per heavy atom. The largest absolute Gasteiger partial charge is 0.485 e. The fraction of sp³-hybridized carbons (Fsp3) is 0.364. The highest BCUT2D eigenvalue weighted by molar-refractivity contribution is 7.89. The average Bonchev–Trinajstić information content (AvgIpc) is 2.82. The molecule has 0 amide bonds. The molecule has 1 fully saturated rings. The summed E-state index contributed by atoms with van der Waals surface area (Å²) in [5.74, 6) is -0.158. The first-order chi connectivity index (χ1) is 14.9. The van der Waals surface area contributed by atoms with Crippen molar-refractivity contribution in [2.24, 2.45) is 0 Å². The van der Waals surface area contributed by atoms with Gasteiger partial charge >= 0.3 is 5.97 Å². The van der Waals surface area contributed by atoms with Crippen molar-refractivity contribution in [2.45, 2.75) is 30.3 Å². The summed E-state index contributed by atoms with van der Waals surface area (Å²) in [6.07, 6.45) is 1.77. The smallest absolute Gasteiger partial charge is 0.351 e. The van der Waals surface area contributed by atoms with Gasteiger partial charge in [-0.25, -0.2) is 13.2 Å². The average molecular weight is 445 g/mol. The summed E-state index contributed by atoms with van der Waals surface area (Å²) in [5, 5.41) is 0. The molecule has 9 heteroatoms. The van der Waals surface area contributed by atoms with Gasteiger partial charge in [0.2, 0.25) is 16.1 Å². The molecule has 2 aromatic rings. The predicted molar refractivity (Wildman–Crippen MR) is 111 cm³/mol. The zero-order valence-electron chi connectivity index (χ0n) is 16.9. The lowest BCUT2D eigenvalue weighted by Crippen LogP contribution is -2.38. The summed E-state index contributed by atoms with van der Waals surface area (Å²) >= 11 is 0. The van der Waals surface area contributed by atoms with E-state index in [4.69, 9.17) is 14.2 Å². The first-order valence-electron chi connectivity index (χ1n) is 10.1. The summed E-state index contributed by atoms with van der Waals surface area (Å²) in [4.78, 5) is 24.8. The quantitative estimate of drug-likeness (QED) is 0.497. The molecule has 0 unspecified atom stereocenters. The molecule has 1 saturated heterocycles. The Bertz CT molecular complexity index is 1060. The van der Waals surface area contributed by atoms with Crippen LogP contribution in [0.4, 0.5) is 0 Å². The number of piperidine rings is 1. The van der Waals surface area contributed by atoms with E-state index in [0.717, 1.165) is 19.3 Å². The van der Waals surface area contributed by atoms with E-state index in [9.17, 15) is 18.0 Å².